The Labute approximate surface area is 90.9 Å². The normalized spacial score (nSPS) is 21.1. The highest BCUT2D eigenvalue weighted by Crippen LogP contribution is 2.28. The number of amides is 2. The lowest BCUT2D eigenvalue weighted by Gasteiger charge is -2.46. The van der Waals surface area contributed by atoms with E-state index in [-0.39, 0.29) is 11.7 Å². The maximum atomic E-state index is 11.5. The summed E-state index contributed by atoms with van der Waals surface area (Å²) < 4.78 is 16.0. The second-order valence-electron chi connectivity index (χ2n) is 3.27. The Balaban J connectivity index is 2.73. The zero-order valence-electron chi connectivity index (χ0n) is 9.57. The smallest absolute Gasteiger partial charge is 0.376 e. The highest BCUT2D eigenvalue weighted by atomic mass is 28.4. The lowest BCUT2D eigenvalue weighted by Crippen LogP contribution is -2.69. The first-order valence-corrected chi connectivity index (χ1v) is 6.59. The summed E-state index contributed by atoms with van der Waals surface area (Å²) in [5, 5.41) is 2.58. The maximum Gasteiger partial charge on any atom is 0.524 e. The van der Waals surface area contributed by atoms with Crippen molar-refractivity contribution in [2.24, 2.45) is 0 Å². The monoisotopic (exact) mass is 234 g/mol. The Bertz CT molecular complexity index is 226. The van der Waals surface area contributed by atoms with Crippen LogP contribution in [0, 0.1) is 0 Å². The summed E-state index contributed by atoms with van der Waals surface area (Å²) in [5.74, 6) is 0. The van der Waals surface area contributed by atoms with Crippen LogP contribution in [0.1, 0.15) is 6.42 Å². The van der Waals surface area contributed by atoms with Gasteiger partial charge in [-0.25, -0.2) is 4.79 Å². The summed E-state index contributed by atoms with van der Waals surface area (Å²) in [5.41, 5.74) is -0.0718. The molecule has 0 aromatic carbocycles. The summed E-state index contributed by atoms with van der Waals surface area (Å²) >= 11 is 0. The summed E-state index contributed by atoms with van der Waals surface area (Å²) in [6.45, 7) is 0.717. The number of carbonyl (C=O) groups excluding carboxylic acids is 1. The predicted octanol–water partition coefficient (Wildman–Crippen LogP) is -0.183. The number of rotatable bonds is 4. The van der Waals surface area contributed by atoms with Crippen molar-refractivity contribution in [3.63, 3.8) is 0 Å². The fourth-order valence-electron chi connectivity index (χ4n) is 1.80. The molecule has 0 aromatic rings. The molecule has 0 aromatic heterocycles. The van der Waals surface area contributed by atoms with E-state index in [2.05, 4.69) is 5.32 Å². The second kappa shape index (κ2) is 4.93. The number of urea groups is 1. The van der Waals surface area contributed by atoms with E-state index in [1.54, 1.807) is 33.3 Å². The minimum absolute atomic E-state index is 0.0718. The van der Waals surface area contributed by atoms with Crippen LogP contribution in [0.5, 0.6) is 0 Å². The molecule has 1 heterocycles. The van der Waals surface area contributed by atoms with Crippen molar-refractivity contribution in [2.45, 2.75) is 12.1 Å². The van der Waals surface area contributed by atoms with E-state index >= 15 is 0 Å². The predicted molar refractivity (Wildman–Crippen MR) is 56.3 cm³/mol. The van der Waals surface area contributed by atoms with Gasteiger partial charge in [-0.15, -0.1) is 0 Å². The highest BCUT2D eigenvalue weighted by molar-refractivity contribution is 6.62. The number of nitrogens with zero attached hydrogens (tertiary/aromatic N) is 1. The molecular weight excluding hydrogens is 216 g/mol. The third-order valence-electron chi connectivity index (χ3n) is 2.76. The molecule has 7 heteroatoms. The van der Waals surface area contributed by atoms with Crippen LogP contribution in [0.3, 0.4) is 0 Å². The standard InChI is InChI=1S/C8H18N2O4Si/c1-9-8(11)10-6-5-7(10)15(12-2,13-3)14-4/h7H,5-6H2,1-4H3,(H,9,11). The number of hydrogen-bond donors (Lipinski definition) is 1. The van der Waals surface area contributed by atoms with Crippen LogP contribution in [-0.4, -0.2) is 60.3 Å². The molecule has 6 nitrogen and oxygen atoms in total. The van der Waals surface area contributed by atoms with Crippen LogP contribution >= 0.6 is 0 Å². The zero-order chi connectivity index (χ0) is 11.5. The first kappa shape index (κ1) is 12.4. The molecule has 2 amide bonds. The van der Waals surface area contributed by atoms with Crippen molar-refractivity contribution < 1.29 is 18.1 Å². The SMILES string of the molecule is CNC(=O)N1CCC1[Si](OC)(OC)OC. The third-order valence-corrected chi connectivity index (χ3v) is 5.88. The van der Waals surface area contributed by atoms with Gasteiger partial charge in [0.2, 0.25) is 0 Å². The zero-order valence-corrected chi connectivity index (χ0v) is 10.6. The molecule has 0 spiro atoms. The molecule has 88 valence electrons. The molecule has 0 saturated carbocycles. The van der Waals surface area contributed by atoms with Crippen LogP contribution in [0.15, 0.2) is 0 Å². The molecule has 15 heavy (non-hydrogen) atoms. The molecule has 1 rings (SSSR count). The van der Waals surface area contributed by atoms with E-state index in [0.717, 1.165) is 13.0 Å². The van der Waals surface area contributed by atoms with Gasteiger partial charge >= 0.3 is 14.8 Å². The Hall–Kier alpha value is -0.633. The molecule has 0 bridgehead atoms. The first-order chi connectivity index (χ1) is 7.15. The molecule has 1 aliphatic heterocycles. The van der Waals surface area contributed by atoms with Crippen molar-refractivity contribution >= 4 is 14.8 Å². The fraction of sp³-hybridized carbons (Fsp3) is 0.875. The van der Waals surface area contributed by atoms with Gasteiger partial charge in [0, 0.05) is 34.9 Å². The van der Waals surface area contributed by atoms with E-state index in [1.165, 1.54) is 0 Å². The molecule has 1 atom stereocenters. The van der Waals surface area contributed by atoms with Crippen LogP contribution in [0.2, 0.25) is 0 Å². The van der Waals surface area contributed by atoms with Crippen LogP contribution < -0.4 is 5.32 Å². The molecule has 1 fully saturated rings. The third kappa shape index (κ3) is 2.00. The van der Waals surface area contributed by atoms with E-state index in [0.29, 0.717) is 0 Å². The number of nitrogens with one attached hydrogen (secondary N) is 1. The molecule has 1 unspecified atom stereocenters. The van der Waals surface area contributed by atoms with Gasteiger partial charge < -0.3 is 23.5 Å². The Morgan fingerprint density at radius 2 is 1.87 bits per heavy atom. The molecular formula is C8H18N2O4Si. The quantitative estimate of drug-likeness (QED) is 0.685. The average Bonchev–Trinajstić information content (AvgIpc) is 2.24. The van der Waals surface area contributed by atoms with Crippen molar-refractivity contribution in [2.75, 3.05) is 34.9 Å². The molecule has 0 radical (unpaired) electrons. The van der Waals surface area contributed by atoms with E-state index in [4.69, 9.17) is 13.3 Å². The summed E-state index contributed by atoms with van der Waals surface area (Å²) in [4.78, 5) is 13.2. The number of carbonyl (C=O) groups is 1. The van der Waals surface area contributed by atoms with Gasteiger partial charge in [0.1, 0.15) is 5.67 Å². The minimum atomic E-state index is -2.71. The van der Waals surface area contributed by atoms with Crippen molar-refractivity contribution in [1.82, 2.24) is 10.2 Å². The molecule has 0 aliphatic carbocycles. The lowest BCUT2D eigenvalue weighted by molar-refractivity contribution is 0.0499. The second-order valence-corrected chi connectivity index (χ2v) is 6.37. The van der Waals surface area contributed by atoms with E-state index in [9.17, 15) is 4.79 Å². The van der Waals surface area contributed by atoms with Crippen molar-refractivity contribution in [3.8, 4) is 0 Å². The Morgan fingerprint density at radius 3 is 2.13 bits per heavy atom. The largest absolute Gasteiger partial charge is 0.524 e. The van der Waals surface area contributed by atoms with Crippen LogP contribution in [0.25, 0.3) is 0 Å². The van der Waals surface area contributed by atoms with Crippen LogP contribution in [0.4, 0.5) is 4.79 Å². The minimum Gasteiger partial charge on any atom is -0.376 e. The van der Waals surface area contributed by atoms with Gasteiger partial charge in [-0.1, -0.05) is 0 Å². The maximum absolute atomic E-state index is 11.5. The van der Waals surface area contributed by atoms with Gasteiger partial charge in [-0.2, -0.15) is 0 Å². The molecule has 1 saturated heterocycles. The first-order valence-electron chi connectivity index (χ1n) is 4.79. The fourth-order valence-corrected chi connectivity index (χ4v) is 4.23. The lowest BCUT2D eigenvalue weighted by atomic mass is 10.2. The summed E-state index contributed by atoms with van der Waals surface area (Å²) in [7, 11) is 3.56. The van der Waals surface area contributed by atoms with E-state index < -0.39 is 8.80 Å². The molecule has 1 N–H and O–H groups in total. The van der Waals surface area contributed by atoms with Crippen LogP contribution in [-0.2, 0) is 13.3 Å². The van der Waals surface area contributed by atoms with Gasteiger partial charge in [-0.05, 0) is 6.42 Å². The van der Waals surface area contributed by atoms with Gasteiger partial charge in [0.05, 0.1) is 0 Å². The van der Waals surface area contributed by atoms with Crippen molar-refractivity contribution in [1.29, 1.82) is 0 Å². The number of likely N-dealkylation sites (tertiary alicyclic amines) is 1. The Kier molecular flexibility index (Phi) is 4.09. The van der Waals surface area contributed by atoms with Gasteiger partial charge in [0.15, 0.2) is 0 Å². The average molecular weight is 234 g/mol. The summed E-state index contributed by atoms with van der Waals surface area (Å²) in [6.07, 6.45) is 0.856. The van der Waals surface area contributed by atoms with Crippen molar-refractivity contribution in [3.05, 3.63) is 0 Å². The Morgan fingerprint density at radius 1 is 1.33 bits per heavy atom. The van der Waals surface area contributed by atoms with E-state index in [1.807, 2.05) is 0 Å². The summed E-state index contributed by atoms with van der Waals surface area (Å²) in [6, 6.07) is -0.116. The molecule has 1 aliphatic rings. The van der Waals surface area contributed by atoms with Gasteiger partial charge in [-0.3, -0.25) is 0 Å². The number of hydrogen-bond acceptors (Lipinski definition) is 4. The highest BCUT2D eigenvalue weighted by Gasteiger charge is 2.55. The van der Waals surface area contributed by atoms with Gasteiger partial charge in [0.25, 0.3) is 0 Å². The topological polar surface area (TPSA) is 60.0 Å².